The molecule has 1 N–H and O–H groups in total. The van der Waals surface area contributed by atoms with Gasteiger partial charge in [0.15, 0.2) is 11.2 Å². The van der Waals surface area contributed by atoms with E-state index in [-0.39, 0.29) is 0 Å². The number of hydrogen-bond acceptors (Lipinski definition) is 5. The van der Waals surface area contributed by atoms with Crippen molar-refractivity contribution in [3.8, 4) is 0 Å². The van der Waals surface area contributed by atoms with Crippen LogP contribution in [0.25, 0.3) is 16.6 Å². The molecular weight excluding hydrogens is 460 g/mol. The van der Waals surface area contributed by atoms with Gasteiger partial charge in [-0.05, 0) is 77.6 Å². The second kappa shape index (κ2) is 8.94. The number of benzene rings is 3. The van der Waals surface area contributed by atoms with E-state index in [2.05, 4.69) is 63.8 Å². The first kappa shape index (κ1) is 23.1. The molecule has 0 saturated carbocycles. The summed E-state index contributed by atoms with van der Waals surface area (Å²) in [4.78, 5) is 4.31. The summed E-state index contributed by atoms with van der Waals surface area (Å²) in [5, 5.41) is 25.8. The predicted octanol–water partition coefficient (Wildman–Crippen LogP) is 4.70. The molecule has 0 spiro atoms. The lowest BCUT2D eigenvalue weighted by Crippen LogP contribution is -2.31. The lowest BCUT2D eigenvalue weighted by atomic mass is 9.82. The van der Waals surface area contributed by atoms with Gasteiger partial charge in [0.1, 0.15) is 0 Å². The number of aromatic nitrogens is 6. The molecule has 0 fully saturated rings. The molecular formula is C30H28N6O. The highest BCUT2D eigenvalue weighted by molar-refractivity contribution is 5.86. The van der Waals surface area contributed by atoms with Crippen LogP contribution in [0.4, 0.5) is 0 Å². The van der Waals surface area contributed by atoms with E-state index in [9.17, 15) is 5.11 Å². The monoisotopic (exact) mass is 488 g/mol. The van der Waals surface area contributed by atoms with Crippen molar-refractivity contribution in [1.29, 1.82) is 0 Å². The van der Waals surface area contributed by atoms with Gasteiger partial charge in [0.25, 0.3) is 0 Å². The van der Waals surface area contributed by atoms with E-state index < -0.39 is 5.60 Å². The Balaban J connectivity index is 1.54. The van der Waals surface area contributed by atoms with Crippen molar-refractivity contribution < 1.29 is 5.11 Å². The Bertz CT molecular complexity index is 1730. The summed E-state index contributed by atoms with van der Waals surface area (Å²) in [6.45, 7) is 4.16. The largest absolute Gasteiger partial charge is 0.374 e. The molecule has 3 aromatic heterocycles. The molecule has 3 aromatic carbocycles. The summed E-state index contributed by atoms with van der Waals surface area (Å²) in [6, 6.07) is 24.7. The molecule has 0 aliphatic rings. The maximum atomic E-state index is 12.4. The highest BCUT2D eigenvalue weighted by atomic mass is 16.3. The van der Waals surface area contributed by atoms with E-state index in [0.29, 0.717) is 11.3 Å². The lowest BCUT2D eigenvalue weighted by molar-refractivity contribution is 0.117. The molecule has 0 saturated heterocycles. The Morgan fingerprint density at radius 3 is 2.43 bits per heavy atom. The van der Waals surface area contributed by atoms with Crippen molar-refractivity contribution in [2.75, 3.05) is 0 Å². The molecule has 0 aliphatic heterocycles. The molecule has 37 heavy (non-hydrogen) atoms. The van der Waals surface area contributed by atoms with E-state index in [1.165, 1.54) is 11.1 Å². The van der Waals surface area contributed by atoms with Crippen molar-refractivity contribution in [2.45, 2.75) is 32.3 Å². The minimum absolute atomic E-state index is 0.695. The predicted molar refractivity (Wildman–Crippen MR) is 143 cm³/mol. The van der Waals surface area contributed by atoms with Crippen LogP contribution < -0.4 is 0 Å². The Labute approximate surface area is 215 Å². The molecule has 0 amide bonds. The van der Waals surface area contributed by atoms with E-state index >= 15 is 0 Å². The average molecular weight is 489 g/mol. The minimum atomic E-state index is -1.39. The van der Waals surface area contributed by atoms with E-state index in [1.807, 2.05) is 54.9 Å². The summed E-state index contributed by atoms with van der Waals surface area (Å²) >= 11 is 0. The van der Waals surface area contributed by atoms with Gasteiger partial charge < -0.3 is 9.67 Å². The highest BCUT2D eigenvalue weighted by Gasteiger charge is 2.37. The Morgan fingerprint density at radius 2 is 1.68 bits per heavy atom. The van der Waals surface area contributed by atoms with Gasteiger partial charge >= 0.3 is 0 Å². The quantitative estimate of drug-likeness (QED) is 0.368. The molecule has 0 radical (unpaired) electrons. The summed E-state index contributed by atoms with van der Waals surface area (Å²) in [5.74, 6) is 0. The summed E-state index contributed by atoms with van der Waals surface area (Å²) in [7, 11) is 1.90. The number of rotatable bonds is 6. The van der Waals surface area contributed by atoms with Crippen molar-refractivity contribution in [3.05, 3.63) is 124 Å². The molecule has 3 heterocycles. The standard InChI is InChI=1S/C30H28N6O/c1-20-7-11-24(12-8-20)30(37,28-18-31-19-35(28)3)25-13-14-27-26(17-25)23(16-29-32-33-34-36(27)29)10-9-22-6-4-5-21(2)15-22/h4-8,11-19,37H,9-10H2,1-3H3. The second-order valence-electron chi connectivity index (χ2n) is 9.81. The first-order chi connectivity index (χ1) is 17.9. The Morgan fingerprint density at radius 1 is 0.865 bits per heavy atom. The molecule has 0 bridgehead atoms. The van der Waals surface area contributed by atoms with Gasteiger partial charge in [-0.15, -0.1) is 5.10 Å². The van der Waals surface area contributed by atoms with Gasteiger partial charge in [-0.2, -0.15) is 4.52 Å². The third-order valence-electron chi connectivity index (χ3n) is 7.21. The van der Waals surface area contributed by atoms with Gasteiger partial charge in [0, 0.05) is 12.4 Å². The molecule has 6 aromatic rings. The van der Waals surface area contributed by atoms with Crippen LogP contribution in [0.3, 0.4) is 0 Å². The SMILES string of the molecule is Cc1ccc(C(O)(c2ccc3c(c2)c(CCc2cccc(C)c2)cc2nnnn23)c2cncn2C)cc1. The van der Waals surface area contributed by atoms with Crippen LogP contribution in [-0.2, 0) is 25.5 Å². The molecule has 1 atom stereocenters. The van der Waals surface area contributed by atoms with Gasteiger partial charge in [0.05, 0.1) is 23.7 Å². The summed E-state index contributed by atoms with van der Waals surface area (Å²) in [6.07, 6.45) is 5.16. The molecule has 1 unspecified atom stereocenters. The average Bonchev–Trinajstić information content (AvgIpc) is 3.56. The van der Waals surface area contributed by atoms with E-state index in [0.717, 1.165) is 46.0 Å². The second-order valence-corrected chi connectivity index (χ2v) is 9.81. The van der Waals surface area contributed by atoms with Crippen molar-refractivity contribution in [3.63, 3.8) is 0 Å². The molecule has 0 aliphatic carbocycles. The molecule has 184 valence electrons. The fraction of sp³-hybridized carbons (Fsp3) is 0.200. The number of nitrogens with zero attached hydrogens (tertiary/aromatic N) is 6. The van der Waals surface area contributed by atoms with E-state index in [1.54, 1.807) is 17.0 Å². The Kier molecular flexibility index (Phi) is 5.57. The van der Waals surface area contributed by atoms with Crippen molar-refractivity contribution in [2.24, 2.45) is 7.05 Å². The molecule has 7 heteroatoms. The van der Waals surface area contributed by atoms with E-state index in [4.69, 9.17) is 0 Å². The van der Waals surface area contributed by atoms with Gasteiger partial charge in [-0.1, -0.05) is 65.7 Å². The zero-order chi connectivity index (χ0) is 25.6. The van der Waals surface area contributed by atoms with Crippen LogP contribution in [-0.4, -0.2) is 34.7 Å². The Hall–Kier alpha value is -4.36. The lowest BCUT2D eigenvalue weighted by Gasteiger charge is -2.30. The number of tetrazole rings is 1. The maximum Gasteiger partial charge on any atom is 0.180 e. The number of fused-ring (bicyclic) bond motifs is 3. The number of aryl methyl sites for hydroxylation is 5. The number of aliphatic hydroxyl groups is 1. The molecule has 6 rings (SSSR count). The number of hydrogen-bond donors (Lipinski definition) is 1. The fourth-order valence-electron chi connectivity index (χ4n) is 5.21. The minimum Gasteiger partial charge on any atom is -0.374 e. The zero-order valence-electron chi connectivity index (χ0n) is 21.1. The van der Waals surface area contributed by atoms with Crippen molar-refractivity contribution >= 4 is 16.6 Å². The third-order valence-corrected chi connectivity index (χ3v) is 7.21. The summed E-state index contributed by atoms with van der Waals surface area (Å²) < 4.78 is 3.62. The zero-order valence-corrected chi connectivity index (χ0v) is 21.1. The molecule has 7 nitrogen and oxygen atoms in total. The first-order valence-electron chi connectivity index (χ1n) is 12.4. The van der Waals surface area contributed by atoms with Crippen LogP contribution in [0.1, 0.15) is 39.1 Å². The normalized spacial score (nSPS) is 13.3. The number of pyridine rings is 1. The van der Waals surface area contributed by atoms with Gasteiger partial charge in [-0.3, -0.25) is 0 Å². The van der Waals surface area contributed by atoms with Crippen LogP contribution >= 0.6 is 0 Å². The van der Waals surface area contributed by atoms with Gasteiger partial charge in [0.2, 0.25) is 0 Å². The third kappa shape index (κ3) is 3.97. The fourth-order valence-corrected chi connectivity index (χ4v) is 5.21. The smallest absolute Gasteiger partial charge is 0.180 e. The summed E-state index contributed by atoms with van der Waals surface area (Å²) in [5.41, 5.74) is 7.27. The first-order valence-corrected chi connectivity index (χ1v) is 12.4. The topological polar surface area (TPSA) is 81.1 Å². The van der Waals surface area contributed by atoms with Crippen LogP contribution in [0.5, 0.6) is 0 Å². The highest BCUT2D eigenvalue weighted by Crippen LogP contribution is 2.38. The van der Waals surface area contributed by atoms with Crippen LogP contribution in [0.15, 0.2) is 85.3 Å². The number of imidazole rings is 1. The maximum absolute atomic E-state index is 12.4. The van der Waals surface area contributed by atoms with Crippen LogP contribution in [0.2, 0.25) is 0 Å². The van der Waals surface area contributed by atoms with Crippen molar-refractivity contribution in [1.82, 2.24) is 29.6 Å². The van der Waals surface area contributed by atoms with Gasteiger partial charge in [-0.25, -0.2) is 4.98 Å². The van der Waals surface area contributed by atoms with Crippen LogP contribution in [0, 0.1) is 13.8 Å².